The molecule has 11 bridgehead atoms. The normalized spacial score (nSPS) is 29.9. The number of phenols is 1. The van der Waals surface area contributed by atoms with Gasteiger partial charge in [0.05, 0.1) is 47.4 Å². The number of thiocarbonyl (C=S) groups is 1. The predicted octanol–water partition coefficient (Wildman–Crippen LogP) is 0.680. The predicted molar refractivity (Wildman–Crippen MR) is 289 cm³/mol. The second-order valence-electron chi connectivity index (χ2n) is 20.6. The molecule has 12 atom stereocenters. The standard InChI is InChI=1S/C53H62Cl2N8O15S/c1-20(2)10-30(57-3)48(72)61-43-45(69)22-5-8-35(28(54)12-22)77-37-14-24-15-38(47(37)71)78-36-9-6-23(13-29(36)55)46(70)44-52(76)59-32(19-64)26-16-25(65)17-34(67)40(26)27-11-21(4-7-33(27)66)41(50(74)62-44)63-53(79)42(24)60-49(73)31(18-39(56)68)58-51(43)75/h4,6-7,9,12,14-16,20,25,27,29-32,41-46,57,64-67,69-71H,5,8,10-11,13,17-19H2,1-3H3,(H2,56,68)(H,58,75)(H,59,76)(H,60,73)(H,61,72)(H,62,74)(H,63,79)/t25?,27?,29?,30-,31?,32-,41-,42-,43-,44+,45-,46-/m1/s1. The molecule has 26 heteroatoms. The number of aliphatic hydroxyl groups is 6. The Labute approximate surface area is 468 Å². The van der Waals surface area contributed by atoms with E-state index in [0.29, 0.717) is 6.42 Å². The first kappa shape index (κ1) is 58.4. The lowest BCUT2D eigenvalue weighted by atomic mass is 9.75. The topological polar surface area (TPSA) is 373 Å². The van der Waals surface area contributed by atoms with Crippen LogP contribution in [0.1, 0.15) is 70.4 Å². The number of primary amides is 1. The summed E-state index contributed by atoms with van der Waals surface area (Å²) in [5.41, 5.74) is 6.12. The zero-order valence-corrected chi connectivity index (χ0v) is 45.2. The minimum absolute atomic E-state index is 0.0104. The molecule has 1 saturated heterocycles. The van der Waals surface area contributed by atoms with Crippen LogP contribution in [0.15, 0.2) is 105 Å². The Hall–Kier alpha value is -6.77. The third-order valence-corrected chi connectivity index (χ3v) is 15.6. The average Bonchev–Trinajstić information content (AvgIpc) is 3.42. The lowest BCUT2D eigenvalue weighted by molar-refractivity contribution is -0.135. The molecule has 16 N–H and O–H groups in total. The Bertz CT molecular complexity index is 2990. The summed E-state index contributed by atoms with van der Waals surface area (Å²) < 4.78 is 12.6. The van der Waals surface area contributed by atoms with Gasteiger partial charge in [0.1, 0.15) is 64.7 Å². The Morgan fingerprint density at radius 1 is 0.823 bits per heavy atom. The van der Waals surface area contributed by atoms with Gasteiger partial charge < -0.3 is 88.2 Å². The number of nitrogens with two attached hydrogens (primary N) is 1. The van der Waals surface area contributed by atoms with Gasteiger partial charge in [-0.15, -0.1) is 11.6 Å². The molecule has 4 aliphatic carbocycles. The van der Waals surface area contributed by atoms with Crippen molar-refractivity contribution in [1.29, 1.82) is 0 Å². The second kappa shape index (κ2) is 24.3. The van der Waals surface area contributed by atoms with Crippen LogP contribution in [0.5, 0.6) is 17.2 Å². The SMILES string of the molecule is CN[C@H](CC(C)C)C(=O)N[C@H]1C(=O)NC(CC(N)=O)C(=O)N[C@H]2C(=S)N[C@H]3C(=O)N[C@H](C(=O)N[C@H](CO)C4=CC(O)CC(O)=C4C4CC3=CC=C4O)[C@H](O)C3=CC=C(Oc4cc2cc(c4O)OC2=C(Cl)C=C(CC2)[C@H]1O)C(Cl)C3. The lowest BCUT2D eigenvalue weighted by Crippen LogP contribution is -2.61. The van der Waals surface area contributed by atoms with Gasteiger partial charge in [-0.3, -0.25) is 28.8 Å². The maximum Gasteiger partial charge on any atom is 0.247 e. The molecule has 4 unspecified atom stereocenters. The van der Waals surface area contributed by atoms with Crippen molar-refractivity contribution in [3.63, 3.8) is 0 Å². The van der Waals surface area contributed by atoms with E-state index in [1.54, 1.807) is 7.05 Å². The first-order chi connectivity index (χ1) is 37.5. The van der Waals surface area contributed by atoms with Crippen molar-refractivity contribution < 1.29 is 74.0 Å². The molecule has 9 aliphatic rings. The number of benzene rings is 1. The fourth-order valence-corrected chi connectivity index (χ4v) is 11.4. The summed E-state index contributed by atoms with van der Waals surface area (Å²) in [7, 11) is 1.54. The number of halogens is 2. The summed E-state index contributed by atoms with van der Waals surface area (Å²) in [5, 5.41) is 98.3. The van der Waals surface area contributed by atoms with Crippen molar-refractivity contribution in [3.8, 4) is 17.2 Å². The van der Waals surface area contributed by atoms with Crippen LogP contribution < -0.4 is 52.4 Å². The van der Waals surface area contributed by atoms with Gasteiger partial charge in [-0.25, -0.2) is 0 Å². The molecule has 1 aromatic carbocycles. The van der Waals surface area contributed by atoms with E-state index in [0.717, 1.165) is 0 Å². The van der Waals surface area contributed by atoms with Gasteiger partial charge in [-0.05, 0) is 103 Å². The Morgan fingerprint density at radius 3 is 2.18 bits per heavy atom. The van der Waals surface area contributed by atoms with Crippen molar-refractivity contribution in [2.75, 3.05) is 13.7 Å². The summed E-state index contributed by atoms with van der Waals surface area (Å²) in [4.78, 5) is 85.3. The third-order valence-electron chi connectivity index (χ3n) is 14.6. The number of likely N-dealkylation sites (N-methyl/N-ethyl adjacent to an activating group) is 1. The summed E-state index contributed by atoms with van der Waals surface area (Å²) in [6.07, 6.45) is 1.68. The molecule has 10 rings (SSSR count). The zero-order valence-electron chi connectivity index (χ0n) is 42.9. The third kappa shape index (κ3) is 12.7. The number of carbonyl (C=O) groups excluding carboxylic acids is 6. The number of amides is 6. The van der Waals surface area contributed by atoms with Crippen LogP contribution in [0.25, 0.3) is 0 Å². The van der Waals surface area contributed by atoms with Crippen molar-refractivity contribution in [2.45, 2.75) is 125 Å². The van der Waals surface area contributed by atoms with Gasteiger partial charge in [0.15, 0.2) is 11.5 Å². The van der Waals surface area contributed by atoms with E-state index < -0.39 is 137 Å². The molecular weight excluding hydrogens is 1090 g/mol. The van der Waals surface area contributed by atoms with E-state index in [9.17, 15) is 59.7 Å². The molecule has 23 nitrogen and oxygen atoms in total. The number of rotatable bonds is 8. The monoisotopic (exact) mass is 1150 g/mol. The number of hydrogen-bond donors (Lipinski definition) is 15. The van der Waals surface area contributed by atoms with E-state index in [-0.39, 0.29) is 105 Å². The van der Waals surface area contributed by atoms with Gasteiger partial charge >= 0.3 is 0 Å². The van der Waals surface area contributed by atoms with Crippen LogP contribution in [0.4, 0.5) is 0 Å². The van der Waals surface area contributed by atoms with E-state index in [1.807, 2.05) is 13.8 Å². The van der Waals surface area contributed by atoms with E-state index in [4.69, 9.17) is 50.6 Å². The minimum Gasteiger partial charge on any atom is -0.512 e. The molecule has 0 saturated carbocycles. The summed E-state index contributed by atoms with van der Waals surface area (Å²) in [6, 6.07) is -8.59. The average molecular weight is 1150 g/mol. The van der Waals surface area contributed by atoms with E-state index in [1.165, 1.54) is 48.6 Å². The molecule has 0 aromatic heterocycles. The molecule has 1 fully saturated rings. The maximum absolute atomic E-state index is 15.1. The number of nitrogens with one attached hydrogen (secondary N) is 7. The number of carbonyl (C=O) groups is 6. The number of allylic oxidation sites excluding steroid dienone is 9. The molecule has 1 aromatic rings. The van der Waals surface area contributed by atoms with Gasteiger partial charge in [-0.1, -0.05) is 49.8 Å². The highest BCUT2D eigenvalue weighted by Gasteiger charge is 2.44. The molecular formula is C53H62Cl2N8O15S. The number of ether oxygens (including phenoxy) is 2. The Kier molecular flexibility index (Phi) is 18.0. The molecule has 6 amide bonds. The highest BCUT2D eigenvalue weighted by molar-refractivity contribution is 7.80. The highest BCUT2D eigenvalue weighted by Crippen LogP contribution is 2.45. The maximum atomic E-state index is 15.1. The first-order valence-electron chi connectivity index (χ1n) is 25.5. The number of alkyl halides is 1. The molecule has 0 radical (unpaired) electrons. The zero-order chi connectivity index (χ0) is 57.3. The molecule has 5 aliphatic heterocycles. The van der Waals surface area contributed by atoms with Crippen molar-refractivity contribution in [2.24, 2.45) is 17.6 Å². The molecule has 5 heterocycles. The fraction of sp³-hybridized carbons (Fsp3) is 0.453. The largest absolute Gasteiger partial charge is 0.512 e. The van der Waals surface area contributed by atoms with Crippen LogP contribution in [-0.4, -0.2) is 150 Å². The number of phenolic OH excluding ortho intramolecular Hbond substituents is 1. The van der Waals surface area contributed by atoms with Crippen molar-refractivity contribution in [3.05, 3.63) is 110 Å². The number of fused-ring (bicyclic) bond motifs is 15. The van der Waals surface area contributed by atoms with Crippen LogP contribution in [0.2, 0.25) is 0 Å². The van der Waals surface area contributed by atoms with Gasteiger partial charge in [0, 0.05) is 24.3 Å². The Morgan fingerprint density at radius 2 is 1.52 bits per heavy atom. The number of aromatic hydroxyl groups is 1. The number of aliphatic hydroxyl groups excluding tert-OH is 6. The van der Waals surface area contributed by atoms with Crippen molar-refractivity contribution >= 4 is 75.9 Å². The molecule has 424 valence electrons. The van der Waals surface area contributed by atoms with Crippen LogP contribution in [0.3, 0.4) is 0 Å². The lowest BCUT2D eigenvalue weighted by Gasteiger charge is -2.37. The van der Waals surface area contributed by atoms with Gasteiger partial charge in [-0.2, -0.15) is 0 Å². The summed E-state index contributed by atoms with van der Waals surface area (Å²) >= 11 is 19.9. The molecule has 79 heavy (non-hydrogen) atoms. The fourth-order valence-electron chi connectivity index (χ4n) is 10.5. The van der Waals surface area contributed by atoms with Crippen molar-refractivity contribution in [1.82, 2.24) is 37.2 Å². The van der Waals surface area contributed by atoms with Crippen LogP contribution >= 0.6 is 35.4 Å². The summed E-state index contributed by atoms with van der Waals surface area (Å²) in [5.74, 6) is -9.21. The minimum atomic E-state index is -1.87. The summed E-state index contributed by atoms with van der Waals surface area (Å²) in [6.45, 7) is 2.95. The smallest absolute Gasteiger partial charge is 0.247 e. The molecule has 0 spiro atoms. The highest BCUT2D eigenvalue weighted by atomic mass is 35.5. The van der Waals surface area contributed by atoms with Gasteiger partial charge in [0.2, 0.25) is 41.2 Å². The number of hydrogen-bond acceptors (Lipinski definition) is 17. The van der Waals surface area contributed by atoms with E-state index >= 15 is 4.79 Å². The van der Waals surface area contributed by atoms with E-state index in [2.05, 4.69) is 37.2 Å². The quantitative estimate of drug-likeness (QED) is 0.126. The first-order valence-corrected chi connectivity index (χ1v) is 26.7. The Balaban J connectivity index is 1.32. The van der Waals surface area contributed by atoms with Crippen LogP contribution in [0, 0.1) is 11.8 Å². The van der Waals surface area contributed by atoms with Crippen LogP contribution in [-0.2, 0) is 28.8 Å². The second-order valence-corrected chi connectivity index (χ2v) is 22.0. The van der Waals surface area contributed by atoms with Gasteiger partial charge in [0.25, 0.3) is 0 Å².